The van der Waals surface area contributed by atoms with Crippen LogP contribution in [0.5, 0.6) is 0 Å². The second-order valence-corrected chi connectivity index (χ2v) is 6.84. The van der Waals surface area contributed by atoms with Gasteiger partial charge in [0.2, 0.25) is 0 Å². The van der Waals surface area contributed by atoms with Gasteiger partial charge in [0, 0.05) is 25.0 Å². The van der Waals surface area contributed by atoms with Crippen LogP contribution in [0.4, 0.5) is 0 Å². The molecule has 0 radical (unpaired) electrons. The summed E-state index contributed by atoms with van der Waals surface area (Å²) in [6, 6.07) is 0. The lowest BCUT2D eigenvalue weighted by Crippen LogP contribution is -2.47. The van der Waals surface area contributed by atoms with Gasteiger partial charge in [-0.2, -0.15) is 0 Å². The van der Waals surface area contributed by atoms with Crippen molar-refractivity contribution in [3.05, 3.63) is 0 Å². The minimum absolute atomic E-state index is 0.0943. The molecule has 3 atom stereocenters. The molecule has 2 N–H and O–H groups in total. The Balaban J connectivity index is 1.93. The van der Waals surface area contributed by atoms with Gasteiger partial charge in [-0.15, -0.1) is 0 Å². The summed E-state index contributed by atoms with van der Waals surface area (Å²) < 4.78 is 0. The quantitative estimate of drug-likeness (QED) is 0.712. The summed E-state index contributed by atoms with van der Waals surface area (Å²) in [6.45, 7) is 7.77. The zero-order valence-electron chi connectivity index (χ0n) is 11.8. The molecule has 0 aliphatic heterocycles. The average Bonchev–Trinajstić information content (AvgIpc) is 2.58. The lowest BCUT2D eigenvalue weighted by Gasteiger charge is -2.41. The van der Waals surface area contributed by atoms with Gasteiger partial charge in [0.1, 0.15) is 0 Å². The van der Waals surface area contributed by atoms with Crippen LogP contribution in [-0.2, 0) is 0 Å². The third-order valence-electron chi connectivity index (χ3n) is 5.56. The molecule has 3 nitrogen and oxygen atoms in total. The van der Waals surface area contributed by atoms with E-state index in [1.807, 2.05) is 0 Å². The van der Waals surface area contributed by atoms with Crippen LogP contribution in [0, 0.1) is 16.7 Å². The molecular weight excluding hydrogens is 212 g/mol. The van der Waals surface area contributed by atoms with Crippen LogP contribution in [0.1, 0.15) is 33.1 Å². The van der Waals surface area contributed by atoms with Gasteiger partial charge in [0.15, 0.2) is 0 Å². The molecule has 2 aliphatic carbocycles. The molecule has 2 aliphatic rings. The van der Waals surface area contributed by atoms with Crippen molar-refractivity contribution in [3.8, 4) is 0 Å². The number of hydrogen-bond donors (Lipinski definition) is 2. The number of rotatable bonds is 5. The number of nitrogens with one attached hydrogen (secondary N) is 1. The Hall–Kier alpha value is -0.120. The molecule has 0 aromatic rings. The maximum Gasteiger partial charge on any atom is 0.0616 e. The Morgan fingerprint density at radius 1 is 1.35 bits per heavy atom. The van der Waals surface area contributed by atoms with Crippen molar-refractivity contribution < 1.29 is 5.11 Å². The topological polar surface area (TPSA) is 35.5 Å². The first-order valence-corrected chi connectivity index (χ1v) is 6.94. The molecule has 0 saturated heterocycles. The van der Waals surface area contributed by atoms with Crippen molar-refractivity contribution in [1.29, 1.82) is 0 Å². The first-order valence-electron chi connectivity index (χ1n) is 6.94. The maximum atomic E-state index is 10.4. The molecule has 2 rings (SSSR count). The van der Waals surface area contributed by atoms with Crippen molar-refractivity contribution in [3.63, 3.8) is 0 Å². The molecule has 2 bridgehead atoms. The molecule has 2 saturated carbocycles. The molecule has 0 aromatic carbocycles. The summed E-state index contributed by atoms with van der Waals surface area (Å²) in [7, 11) is 4.19. The molecule has 0 aromatic heterocycles. The number of nitrogens with zero attached hydrogens (tertiary/aromatic N) is 1. The van der Waals surface area contributed by atoms with E-state index in [-0.39, 0.29) is 11.5 Å². The van der Waals surface area contributed by atoms with E-state index in [9.17, 15) is 5.11 Å². The first-order chi connectivity index (χ1) is 7.90. The van der Waals surface area contributed by atoms with Crippen molar-refractivity contribution in [1.82, 2.24) is 10.2 Å². The third kappa shape index (κ3) is 2.02. The van der Waals surface area contributed by atoms with Crippen LogP contribution in [-0.4, -0.2) is 49.8 Å². The van der Waals surface area contributed by atoms with Crippen molar-refractivity contribution in [2.45, 2.75) is 39.2 Å². The molecule has 17 heavy (non-hydrogen) atoms. The Labute approximate surface area is 106 Å². The Morgan fingerprint density at radius 3 is 2.53 bits per heavy atom. The second kappa shape index (κ2) is 4.52. The zero-order valence-corrected chi connectivity index (χ0v) is 11.8. The SMILES string of the molecule is CN(C)CCNC[C@]12CC[C@H](C[C@H]1O)C2(C)C. The Kier molecular flexibility index (Phi) is 3.54. The number of fused-ring (bicyclic) bond motifs is 2. The molecule has 0 unspecified atom stereocenters. The lowest BCUT2D eigenvalue weighted by molar-refractivity contribution is -0.00238. The number of likely N-dealkylation sites (N-methyl/N-ethyl adjacent to an activating group) is 1. The van der Waals surface area contributed by atoms with Crippen LogP contribution in [0.3, 0.4) is 0 Å². The van der Waals surface area contributed by atoms with Gasteiger partial charge in [-0.3, -0.25) is 0 Å². The fraction of sp³-hybridized carbons (Fsp3) is 1.00. The predicted octanol–water partition coefficient (Wildman–Crippen LogP) is 1.32. The number of aliphatic hydroxyl groups is 1. The lowest BCUT2D eigenvalue weighted by atomic mass is 9.68. The molecular formula is C14H28N2O. The summed E-state index contributed by atoms with van der Waals surface area (Å²) in [5.41, 5.74) is 0.432. The van der Waals surface area contributed by atoms with E-state index >= 15 is 0 Å². The van der Waals surface area contributed by atoms with Gasteiger partial charge in [-0.1, -0.05) is 13.8 Å². The summed E-state index contributed by atoms with van der Waals surface area (Å²) in [4.78, 5) is 2.19. The largest absolute Gasteiger partial charge is 0.392 e. The highest BCUT2D eigenvalue weighted by atomic mass is 16.3. The van der Waals surface area contributed by atoms with Gasteiger partial charge in [-0.25, -0.2) is 0 Å². The smallest absolute Gasteiger partial charge is 0.0616 e. The Bertz CT molecular complexity index is 277. The van der Waals surface area contributed by atoms with Crippen molar-refractivity contribution in [2.24, 2.45) is 16.7 Å². The van der Waals surface area contributed by atoms with Crippen LogP contribution in [0.15, 0.2) is 0 Å². The molecule has 0 amide bonds. The highest BCUT2D eigenvalue weighted by Gasteiger charge is 2.63. The van der Waals surface area contributed by atoms with E-state index in [1.54, 1.807) is 0 Å². The normalized spacial score (nSPS) is 39.2. The number of aliphatic hydroxyl groups excluding tert-OH is 1. The standard InChI is InChI=1S/C14H28N2O/c1-13(2)11-5-6-14(13,12(17)9-11)10-15-7-8-16(3)4/h11-12,15,17H,5-10H2,1-4H3/t11-,12-,14-/m1/s1. The predicted molar refractivity (Wildman–Crippen MR) is 71.0 cm³/mol. The fourth-order valence-corrected chi connectivity index (χ4v) is 4.07. The molecule has 2 fully saturated rings. The van der Waals surface area contributed by atoms with Crippen molar-refractivity contribution in [2.75, 3.05) is 33.7 Å². The molecule has 0 heterocycles. The second-order valence-electron chi connectivity index (χ2n) is 6.84. The minimum Gasteiger partial charge on any atom is -0.392 e. The maximum absolute atomic E-state index is 10.4. The first kappa shape index (κ1) is 13.3. The Morgan fingerprint density at radius 2 is 2.06 bits per heavy atom. The van der Waals surface area contributed by atoms with Crippen LogP contribution < -0.4 is 5.32 Å². The van der Waals surface area contributed by atoms with E-state index in [0.717, 1.165) is 32.0 Å². The van der Waals surface area contributed by atoms with Crippen LogP contribution in [0.2, 0.25) is 0 Å². The van der Waals surface area contributed by atoms with Gasteiger partial charge in [-0.05, 0) is 44.7 Å². The summed E-state index contributed by atoms with van der Waals surface area (Å²) in [5.74, 6) is 0.730. The van der Waals surface area contributed by atoms with Gasteiger partial charge in [0.05, 0.1) is 6.10 Å². The van der Waals surface area contributed by atoms with Crippen molar-refractivity contribution >= 4 is 0 Å². The summed E-state index contributed by atoms with van der Waals surface area (Å²) in [6.07, 6.45) is 3.42. The zero-order chi connectivity index (χ0) is 12.7. The monoisotopic (exact) mass is 240 g/mol. The van der Waals surface area contributed by atoms with E-state index in [0.29, 0.717) is 5.41 Å². The molecule has 0 spiro atoms. The van der Waals surface area contributed by atoms with E-state index in [4.69, 9.17) is 0 Å². The molecule has 100 valence electrons. The van der Waals surface area contributed by atoms with Gasteiger partial charge < -0.3 is 15.3 Å². The van der Waals surface area contributed by atoms with E-state index < -0.39 is 0 Å². The summed E-state index contributed by atoms with van der Waals surface area (Å²) >= 11 is 0. The fourth-order valence-electron chi connectivity index (χ4n) is 4.07. The summed E-state index contributed by atoms with van der Waals surface area (Å²) in [5, 5.41) is 13.9. The average molecular weight is 240 g/mol. The van der Waals surface area contributed by atoms with E-state index in [1.165, 1.54) is 12.8 Å². The van der Waals surface area contributed by atoms with Gasteiger partial charge in [0.25, 0.3) is 0 Å². The minimum atomic E-state index is -0.0943. The van der Waals surface area contributed by atoms with Gasteiger partial charge >= 0.3 is 0 Å². The highest BCUT2D eigenvalue weighted by Crippen LogP contribution is 2.65. The third-order valence-corrected chi connectivity index (χ3v) is 5.56. The highest BCUT2D eigenvalue weighted by molar-refractivity contribution is 5.13. The van der Waals surface area contributed by atoms with Crippen LogP contribution >= 0.6 is 0 Å². The van der Waals surface area contributed by atoms with Crippen LogP contribution in [0.25, 0.3) is 0 Å². The van der Waals surface area contributed by atoms with E-state index in [2.05, 4.69) is 38.2 Å². The molecule has 3 heteroatoms. The number of hydrogen-bond acceptors (Lipinski definition) is 3.